The van der Waals surface area contributed by atoms with Gasteiger partial charge in [0, 0.05) is 25.7 Å². The number of nitrogens with one attached hydrogen (secondary N) is 2. The summed E-state index contributed by atoms with van der Waals surface area (Å²) in [5, 5.41) is 4.67. The molecule has 0 aliphatic heterocycles. The molecular formula is C14H17ClF3N3O2. The number of amides is 2. The van der Waals surface area contributed by atoms with Gasteiger partial charge in [0.15, 0.2) is 0 Å². The number of likely N-dealkylation sites (N-methyl/N-ethyl adjacent to an activating group) is 1. The van der Waals surface area contributed by atoms with Crippen LogP contribution in [0.2, 0.25) is 5.02 Å². The largest absolute Gasteiger partial charge is 0.417 e. The SMILES string of the molecule is CNCCC(=O)N(C)CC(=O)Nc1ccc(Cl)c(C(F)(F)F)c1. The molecule has 5 nitrogen and oxygen atoms in total. The lowest BCUT2D eigenvalue weighted by molar-refractivity contribution is -0.137. The van der Waals surface area contributed by atoms with E-state index in [1.807, 2.05) is 0 Å². The van der Waals surface area contributed by atoms with E-state index in [0.29, 0.717) is 6.54 Å². The van der Waals surface area contributed by atoms with Gasteiger partial charge in [0.05, 0.1) is 17.1 Å². The fraction of sp³-hybridized carbons (Fsp3) is 0.429. The highest BCUT2D eigenvalue weighted by atomic mass is 35.5. The average Bonchev–Trinajstić information content (AvgIpc) is 2.45. The van der Waals surface area contributed by atoms with Gasteiger partial charge >= 0.3 is 6.18 Å². The van der Waals surface area contributed by atoms with E-state index in [1.54, 1.807) is 7.05 Å². The second-order valence-electron chi connectivity index (χ2n) is 4.84. The van der Waals surface area contributed by atoms with E-state index in [4.69, 9.17) is 11.6 Å². The molecule has 0 fully saturated rings. The smallest absolute Gasteiger partial charge is 0.336 e. The van der Waals surface area contributed by atoms with Gasteiger partial charge in [-0.05, 0) is 25.2 Å². The zero-order valence-corrected chi connectivity index (χ0v) is 13.4. The van der Waals surface area contributed by atoms with Crippen molar-refractivity contribution in [3.8, 4) is 0 Å². The van der Waals surface area contributed by atoms with Crippen LogP contribution < -0.4 is 10.6 Å². The maximum absolute atomic E-state index is 12.7. The molecule has 0 aromatic heterocycles. The predicted octanol–water partition coefficient (Wildman–Crippen LogP) is 2.37. The normalized spacial score (nSPS) is 11.2. The first-order chi connectivity index (χ1) is 10.6. The van der Waals surface area contributed by atoms with Crippen molar-refractivity contribution in [1.82, 2.24) is 10.2 Å². The number of anilines is 1. The Balaban J connectivity index is 2.69. The van der Waals surface area contributed by atoms with E-state index >= 15 is 0 Å². The van der Waals surface area contributed by atoms with E-state index in [-0.39, 0.29) is 24.6 Å². The minimum absolute atomic E-state index is 0.0391. The van der Waals surface area contributed by atoms with Crippen molar-refractivity contribution in [2.45, 2.75) is 12.6 Å². The van der Waals surface area contributed by atoms with Gasteiger partial charge in [-0.15, -0.1) is 0 Å². The molecule has 0 spiro atoms. The standard InChI is InChI=1S/C14H17ClF3N3O2/c1-19-6-5-13(23)21(2)8-12(22)20-9-3-4-11(15)10(7-9)14(16,17)18/h3-4,7,19H,5-6,8H2,1-2H3,(H,20,22). The molecule has 0 bridgehead atoms. The number of alkyl halides is 3. The second kappa shape index (κ2) is 8.16. The van der Waals surface area contributed by atoms with Crippen LogP contribution in [0.4, 0.5) is 18.9 Å². The molecule has 23 heavy (non-hydrogen) atoms. The van der Waals surface area contributed by atoms with Gasteiger partial charge in [-0.1, -0.05) is 11.6 Å². The van der Waals surface area contributed by atoms with Crippen molar-refractivity contribution < 1.29 is 22.8 Å². The van der Waals surface area contributed by atoms with Crippen LogP contribution in [0.5, 0.6) is 0 Å². The molecule has 128 valence electrons. The van der Waals surface area contributed by atoms with Crippen LogP contribution in [-0.2, 0) is 15.8 Å². The van der Waals surface area contributed by atoms with Gasteiger partial charge in [0.2, 0.25) is 11.8 Å². The number of carbonyl (C=O) groups is 2. The van der Waals surface area contributed by atoms with Crippen LogP contribution in [0.1, 0.15) is 12.0 Å². The summed E-state index contributed by atoms with van der Waals surface area (Å²) in [6.07, 6.45) is -4.39. The number of halogens is 4. The van der Waals surface area contributed by atoms with Crippen molar-refractivity contribution in [2.75, 3.05) is 32.5 Å². The summed E-state index contributed by atoms with van der Waals surface area (Å²) in [4.78, 5) is 24.7. The molecule has 1 rings (SSSR count). The fourth-order valence-corrected chi connectivity index (χ4v) is 1.97. The summed E-state index contributed by atoms with van der Waals surface area (Å²) < 4.78 is 38.2. The monoisotopic (exact) mass is 351 g/mol. The zero-order chi connectivity index (χ0) is 17.6. The molecule has 0 saturated carbocycles. The molecule has 0 atom stereocenters. The minimum atomic E-state index is -4.61. The van der Waals surface area contributed by atoms with Crippen LogP contribution in [0.15, 0.2) is 18.2 Å². The van der Waals surface area contributed by atoms with Crippen LogP contribution in [0.3, 0.4) is 0 Å². The molecule has 0 saturated heterocycles. The van der Waals surface area contributed by atoms with Gasteiger partial charge in [0.25, 0.3) is 0 Å². The summed E-state index contributed by atoms with van der Waals surface area (Å²) in [7, 11) is 3.14. The Morgan fingerprint density at radius 2 is 1.96 bits per heavy atom. The lowest BCUT2D eigenvalue weighted by Gasteiger charge is -2.17. The zero-order valence-electron chi connectivity index (χ0n) is 12.6. The van der Waals surface area contributed by atoms with Crippen LogP contribution in [0, 0.1) is 0 Å². The minimum Gasteiger partial charge on any atom is -0.336 e. The van der Waals surface area contributed by atoms with Crippen LogP contribution in [-0.4, -0.2) is 43.9 Å². The summed E-state index contributed by atoms with van der Waals surface area (Å²) in [6.45, 7) is 0.212. The molecule has 0 aliphatic rings. The number of hydrogen-bond donors (Lipinski definition) is 2. The van der Waals surface area contributed by atoms with Crippen molar-refractivity contribution in [3.05, 3.63) is 28.8 Å². The average molecular weight is 352 g/mol. The molecule has 1 aromatic carbocycles. The molecule has 2 amide bonds. The Hall–Kier alpha value is -1.80. The quantitative estimate of drug-likeness (QED) is 0.827. The number of carbonyl (C=O) groups excluding carboxylic acids is 2. The Morgan fingerprint density at radius 1 is 1.30 bits per heavy atom. The molecule has 0 radical (unpaired) electrons. The van der Waals surface area contributed by atoms with E-state index < -0.39 is 22.7 Å². The lowest BCUT2D eigenvalue weighted by Crippen LogP contribution is -2.36. The topological polar surface area (TPSA) is 61.4 Å². The lowest BCUT2D eigenvalue weighted by atomic mass is 10.2. The highest BCUT2D eigenvalue weighted by Gasteiger charge is 2.33. The molecule has 0 heterocycles. The first kappa shape index (κ1) is 19.2. The molecule has 9 heteroatoms. The van der Waals surface area contributed by atoms with Crippen molar-refractivity contribution in [1.29, 1.82) is 0 Å². The van der Waals surface area contributed by atoms with Crippen molar-refractivity contribution in [3.63, 3.8) is 0 Å². The second-order valence-corrected chi connectivity index (χ2v) is 5.25. The highest BCUT2D eigenvalue weighted by molar-refractivity contribution is 6.31. The third-order valence-corrected chi connectivity index (χ3v) is 3.28. The van der Waals surface area contributed by atoms with Gasteiger partial charge in [-0.25, -0.2) is 0 Å². The summed E-state index contributed by atoms with van der Waals surface area (Å²) in [6, 6.07) is 3.07. The first-order valence-corrected chi connectivity index (χ1v) is 7.08. The molecule has 1 aromatic rings. The van der Waals surface area contributed by atoms with Gasteiger partial charge in [-0.3, -0.25) is 9.59 Å². The Morgan fingerprint density at radius 3 is 2.52 bits per heavy atom. The Bertz CT molecular complexity index is 579. The van der Waals surface area contributed by atoms with Gasteiger partial charge in [-0.2, -0.15) is 13.2 Å². The molecule has 0 unspecified atom stereocenters. The van der Waals surface area contributed by atoms with Crippen LogP contribution in [0.25, 0.3) is 0 Å². The Labute approximate surface area is 136 Å². The predicted molar refractivity (Wildman–Crippen MR) is 81.3 cm³/mol. The Kier molecular flexibility index (Phi) is 6.83. The highest BCUT2D eigenvalue weighted by Crippen LogP contribution is 2.36. The number of nitrogens with zero attached hydrogens (tertiary/aromatic N) is 1. The number of benzene rings is 1. The van der Waals surface area contributed by atoms with E-state index in [0.717, 1.165) is 12.1 Å². The summed E-state index contributed by atoms with van der Waals surface area (Å²) in [5.74, 6) is -0.845. The summed E-state index contributed by atoms with van der Waals surface area (Å²) >= 11 is 5.50. The molecule has 2 N–H and O–H groups in total. The van der Waals surface area contributed by atoms with Crippen molar-refractivity contribution in [2.24, 2.45) is 0 Å². The first-order valence-electron chi connectivity index (χ1n) is 6.70. The van der Waals surface area contributed by atoms with E-state index in [1.165, 1.54) is 18.0 Å². The number of rotatable bonds is 6. The third kappa shape index (κ3) is 6.07. The third-order valence-electron chi connectivity index (χ3n) is 2.95. The fourth-order valence-electron chi connectivity index (χ4n) is 1.75. The number of hydrogen-bond acceptors (Lipinski definition) is 3. The van der Waals surface area contributed by atoms with Gasteiger partial charge < -0.3 is 15.5 Å². The summed E-state index contributed by atoms with van der Waals surface area (Å²) in [5.41, 5.74) is -1.07. The maximum Gasteiger partial charge on any atom is 0.417 e. The molecule has 0 aliphatic carbocycles. The van der Waals surface area contributed by atoms with E-state index in [2.05, 4.69) is 10.6 Å². The van der Waals surface area contributed by atoms with Crippen LogP contribution >= 0.6 is 11.6 Å². The maximum atomic E-state index is 12.7. The van der Waals surface area contributed by atoms with Crippen molar-refractivity contribution >= 4 is 29.1 Å². The molecular weight excluding hydrogens is 335 g/mol. The van der Waals surface area contributed by atoms with Gasteiger partial charge in [0.1, 0.15) is 0 Å². The van der Waals surface area contributed by atoms with E-state index in [9.17, 15) is 22.8 Å².